The average molecular weight is 303 g/mol. The summed E-state index contributed by atoms with van der Waals surface area (Å²) in [7, 11) is 1.59. The first-order chi connectivity index (χ1) is 10.6. The van der Waals surface area contributed by atoms with E-state index in [1.165, 1.54) is 0 Å². The van der Waals surface area contributed by atoms with Gasteiger partial charge in [0.15, 0.2) is 12.4 Å². The number of hydrogen-bond donors (Lipinski definition) is 2. The van der Waals surface area contributed by atoms with Gasteiger partial charge in [0.25, 0.3) is 0 Å². The largest absolute Gasteiger partial charge is 0.496 e. The van der Waals surface area contributed by atoms with Crippen molar-refractivity contribution in [1.29, 1.82) is 0 Å². The van der Waals surface area contributed by atoms with Gasteiger partial charge in [-0.25, -0.2) is 0 Å². The van der Waals surface area contributed by atoms with E-state index in [0.29, 0.717) is 6.42 Å². The monoisotopic (exact) mass is 303 g/mol. The van der Waals surface area contributed by atoms with Crippen LogP contribution in [0.3, 0.4) is 0 Å². The summed E-state index contributed by atoms with van der Waals surface area (Å²) in [5.41, 5.74) is 11.8. The lowest BCUT2D eigenvalue weighted by molar-refractivity contribution is -0.145. The molecule has 0 atom stereocenters. The topological polar surface area (TPSA) is 126 Å². The Labute approximate surface area is 127 Å². The van der Waals surface area contributed by atoms with E-state index in [0.717, 1.165) is 11.3 Å². The highest BCUT2D eigenvalue weighted by molar-refractivity contribution is 5.69. The molecule has 22 heavy (non-hydrogen) atoms. The highest BCUT2D eigenvalue weighted by atomic mass is 16.5. The molecule has 1 aromatic heterocycles. The molecular weight excluding hydrogens is 286 g/mol. The van der Waals surface area contributed by atoms with Gasteiger partial charge in [0.1, 0.15) is 5.75 Å². The van der Waals surface area contributed by atoms with E-state index in [4.69, 9.17) is 20.9 Å². The summed E-state index contributed by atoms with van der Waals surface area (Å²) in [6, 6.07) is 7.51. The number of aromatic nitrogens is 3. The summed E-state index contributed by atoms with van der Waals surface area (Å²) in [5.74, 6) is 0.576. The van der Waals surface area contributed by atoms with Crippen LogP contribution in [0.2, 0.25) is 0 Å². The summed E-state index contributed by atoms with van der Waals surface area (Å²) in [6.07, 6.45) is 0.737. The van der Waals surface area contributed by atoms with Crippen LogP contribution >= 0.6 is 0 Å². The number of nitrogens with two attached hydrogens (primary N) is 2. The Morgan fingerprint density at radius 3 is 2.50 bits per heavy atom. The van der Waals surface area contributed by atoms with E-state index >= 15 is 0 Å². The third kappa shape index (κ3) is 4.30. The number of esters is 1. The van der Waals surface area contributed by atoms with Gasteiger partial charge in [-0.1, -0.05) is 18.2 Å². The number of carbonyl (C=O) groups excluding carboxylic acids is 1. The van der Waals surface area contributed by atoms with E-state index in [-0.39, 0.29) is 36.7 Å². The molecule has 0 bridgehead atoms. The third-order valence-electron chi connectivity index (χ3n) is 2.87. The first kappa shape index (κ1) is 15.5. The van der Waals surface area contributed by atoms with Gasteiger partial charge >= 0.3 is 5.97 Å². The molecule has 0 fully saturated rings. The standard InChI is InChI=1S/C14H17N5O3/c1-21-10-5-3-2-4-9(10)6-7-12(20)22-8-11-17-13(15)19-14(16)18-11/h2-5H,6-8H2,1H3,(H4,15,16,17,18,19). The number of hydrogen-bond acceptors (Lipinski definition) is 8. The maximum absolute atomic E-state index is 11.8. The van der Waals surface area contributed by atoms with Crippen molar-refractivity contribution in [2.45, 2.75) is 19.4 Å². The smallest absolute Gasteiger partial charge is 0.306 e. The molecule has 4 N–H and O–H groups in total. The van der Waals surface area contributed by atoms with Gasteiger partial charge in [0.05, 0.1) is 7.11 Å². The molecular formula is C14H17N5O3. The lowest BCUT2D eigenvalue weighted by Gasteiger charge is -2.08. The van der Waals surface area contributed by atoms with Crippen molar-refractivity contribution in [2.75, 3.05) is 18.6 Å². The van der Waals surface area contributed by atoms with E-state index in [1.54, 1.807) is 7.11 Å². The quantitative estimate of drug-likeness (QED) is 0.747. The third-order valence-corrected chi connectivity index (χ3v) is 2.87. The van der Waals surface area contributed by atoms with Crippen LogP contribution in [0, 0.1) is 0 Å². The van der Waals surface area contributed by atoms with Crippen molar-refractivity contribution in [2.24, 2.45) is 0 Å². The lowest BCUT2D eigenvalue weighted by Crippen LogP contribution is -2.11. The van der Waals surface area contributed by atoms with Crippen LogP contribution in [0.5, 0.6) is 5.75 Å². The maximum atomic E-state index is 11.8. The highest BCUT2D eigenvalue weighted by Crippen LogP contribution is 2.19. The number of nitrogen functional groups attached to an aromatic ring is 2. The number of methoxy groups -OCH3 is 1. The first-order valence-electron chi connectivity index (χ1n) is 6.62. The van der Waals surface area contributed by atoms with Crippen molar-refractivity contribution in [3.05, 3.63) is 35.7 Å². The molecule has 1 heterocycles. The Kier molecular flexibility index (Phi) is 5.07. The van der Waals surface area contributed by atoms with Crippen LogP contribution in [0.15, 0.2) is 24.3 Å². The van der Waals surface area contributed by atoms with E-state index < -0.39 is 0 Å². The zero-order chi connectivity index (χ0) is 15.9. The van der Waals surface area contributed by atoms with E-state index in [1.807, 2.05) is 24.3 Å². The van der Waals surface area contributed by atoms with Crippen molar-refractivity contribution in [3.63, 3.8) is 0 Å². The van der Waals surface area contributed by atoms with Gasteiger partial charge in [-0.15, -0.1) is 0 Å². The number of benzene rings is 1. The maximum Gasteiger partial charge on any atom is 0.306 e. The molecule has 0 aliphatic carbocycles. The zero-order valence-electron chi connectivity index (χ0n) is 12.2. The number of aryl methyl sites for hydroxylation is 1. The average Bonchev–Trinajstić information content (AvgIpc) is 2.50. The first-order valence-corrected chi connectivity index (χ1v) is 6.62. The molecule has 0 spiro atoms. The Bertz CT molecular complexity index is 642. The molecule has 0 saturated carbocycles. The van der Waals surface area contributed by atoms with Crippen LogP contribution in [0.4, 0.5) is 11.9 Å². The van der Waals surface area contributed by atoms with Crippen LogP contribution in [0.25, 0.3) is 0 Å². The summed E-state index contributed by atoms with van der Waals surface area (Å²) in [5, 5.41) is 0. The van der Waals surface area contributed by atoms with Crippen molar-refractivity contribution in [1.82, 2.24) is 15.0 Å². The van der Waals surface area contributed by atoms with Gasteiger partial charge in [-0.3, -0.25) is 4.79 Å². The molecule has 0 aliphatic rings. The Balaban J connectivity index is 1.85. The Morgan fingerprint density at radius 2 is 1.82 bits per heavy atom. The molecule has 0 saturated heterocycles. The fourth-order valence-corrected chi connectivity index (χ4v) is 1.88. The molecule has 8 nitrogen and oxygen atoms in total. The number of rotatable bonds is 6. The molecule has 2 rings (SSSR count). The van der Waals surface area contributed by atoms with E-state index in [2.05, 4.69) is 15.0 Å². The second kappa shape index (κ2) is 7.21. The summed E-state index contributed by atoms with van der Waals surface area (Å²) in [6.45, 7) is -0.0956. The summed E-state index contributed by atoms with van der Waals surface area (Å²) in [4.78, 5) is 23.1. The van der Waals surface area contributed by atoms with Gasteiger partial charge < -0.3 is 20.9 Å². The summed E-state index contributed by atoms with van der Waals surface area (Å²) >= 11 is 0. The van der Waals surface area contributed by atoms with Crippen LogP contribution in [-0.4, -0.2) is 28.0 Å². The van der Waals surface area contributed by atoms with E-state index in [9.17, 15) is 4.79 Å². The van der Waals surface area contributed by atoms with Gasteiger partial charge in [0.2, 0.25) is 11.9 Å². The Morgan fingerprint density at radius 1 is 1.14 bits per heavy atom. The molecule has 2 aromatic rings. The SMILES string of the molecule is COc1ccccc1CCC(=O)OCc1nc(N)nc(N)n1. The fraction of sp³-hybridized carbons (Fsp3) is 0.286. The second-order valence-corrected chi connectivity index (χ2v) is 4.44. The van der Waals surface area contributed by atoms with Gasteiger partial charge in [0, 0.05) is 6.42 Å². The highest BCUT2D eigenvalue weighted by Gasteiger charge is 2.09. The predicted octanol–water partition coefficient (Wildman–Crippen LogP) is 0.721. The fourth-order valence-electron chi connectivity index (χ4n) is 1.88. The minimum absolute atomic E-state index is 0.00688. The molecule has 0 aliphatic heterocycles. The number of nitrogens with zero attached hydrogens (tertiary/aromatic N) is 3. The molecule has 8 heteroatoms. The van der Waals surface area contributed by atoms with Gasteiger partial charge in [-0.05, 0) is 18.1 Å². The molecule has 1 aromatic carbocycles. The zero-order valence-corrected chi connectivity index (χ0v) is 12.2. The minimum Gasteiger partial charge on any atom is -0.496 e. The lowest BCUT2D eigenvalue weighted by atomic mass is 10.1. The van der Waals surface area contributed by atoms with Crippen molar-refractivity contribution in [3.8, 4) is 5.75 Å². The molecule has 116 valence electrons. The number of anilines is 2. The molecule has 0 unspecified atom stereocenters. The van der Waals surface area contributed by atoms with Gasteiger partial charge in [-0.2, -0.15) is 15.0 Å². The number of ether oxygens (including phenoxy) is 2. The number of carbonyl (C=O) groups is 1. The van der Waals surface area contributed by atoms with Crippen LogP contribution < -0.4 is 16.2 Å². The molecule has 0 radical (unpaired) electrons. The molecule has 0 amide bonds. The second-order valence-electron chi connectivity index (χ2n) is 4.44. The van der Waals surface area contributed by atoms with Crippen molar-refractivity contribution < 1.29 is 14.3 Å². The number of para-hydroxylation sites is 1. The van der Waals surface area contributed by atoms with Crippen LogP contribution in [0.1, 0.15) is 17.8 Å². The Hall–Kier alpha value is -2.90. The predicted molar refractivity (Wildman–Crippen MR) is 79.8 cm³/mol. The summed E-state index contributed by atoms with van der Waals surface area (Å²) < 4.78 is 10.3. The van der Waals surface area contributed by atoms with Crippen LogP contribution in [-0.2, 0) is 22.6 Å². The van der Waals surface area contributed by atoms with Crippen molar-refractivity contribution >= 4 is 17.9 Å². The normalized spacial score (nSPS) is 10.2. The minimum atomic E-state index is -0.372.